The molecule has 142 valence electrons. The number of esters is 1. The van der Waals surface area contributed by atoms with Gasteiger partial charge in [-0.25, -0.2) is 8.78 Å². The topological polar surface area (TPSA) is 44.8 Å². The molecule has 2 aromatic carbocycles. The Hall–Kier alpha value is -2.15. The summed E-state index contributed by atoms with van der Waals surface area (Å²) >= 11 is 3.30. The summed E-state index contributed by atoms with van der Waals surface area (Å²) in [6.07, 6.45) is 0.868. The smallest absolute Gasteiger partial charge is 0.306 e. The first kappa shape index (κ1) is 18.2. The number of hydrogen-bond donors (Lipinski definition) is 0. The Kier molecular flexibility index (Phi) is 4.80. The van der Waals surface area contributed by atoms with Crippen molar-refractivity contribution in [3.05, 3.63) is 57.1 Å². The van der Waals surface area contributed by atoms with E-state index in [-0.39, 0.29) is 23.9 Å². The van der Waals surface area contributed by atoms with Gasteiger partial charge in [0.2, 0.25) is 0 Å². The maximum atomic E-state index is 14.3. The second-order valence-corrected chi connectivity index (χ2v) is 7.53. The largest absolute Gasteiger partial charge is 0.492 e. The summed E-state index contributed by atoms with van der Waals surface area (Å²) in [6, 6.07) is 6.50. The van der Waals surface area contributed by atoms with Gasteiger partial charge in [0.1, 0.15) is 17.6 Å². The van der Waals surface area contributed by atoms with Gasteiger partial charge >= 0.3 is 5.97 Å². The van der Waals surface area contributed by atoms with Crippen molar-refractivity contribution in [1.82, 2.24) is 0 Å². The fourth-order valence-corrected chi connectivity index (χ4v) is 4.34. The van der Waals surface area contributed by atoms with Crippen LogP contribution < -0.4 is 9.47 Å². The fraction of sp³-hybridized carbons (Fsp3) is 0.350. The molecule has 4 rings (SSSR count). The van der Waals surface area contributed by atoms with E-state index in [4.69, 9.17) is 14.2 Å². The average molecular weight is 439 g/mol. The van der Waals surface area contributed by atoms with Crippen LogP contribution in [0.25, 0.3) is 0 Å². The second kappa shape index (κ2) is 7.11. The first-order valence-corrected chi connectivity index (χ1v) is 9.43. The Morgan fingerprint density at radius 3 is 2.93 bits per heavy atom. The van der Waals surface area contributed by atoms with Crippen molar-refractivity contribution in [3.63, 3.8) is 0 Å². The molecule has 0 fully saturated rings. The van der Waals surface area contributed by atoms with Crippen LogP contribution in [0.15, 0.2) is 28.7 Å². The summed E-state index contributed by atoms with van der Waals surface area (Å²) in [7, 11) is 1.36. The lowest BCUT2D eigenvalue weighted by molar-refractivity contribution is -0.141. The average Bonchev–Trinajstić information content (AvgIpc) is 3.24. The van der Waals surface area contributed by atoms with Crippen molar-refractivity contribution in [2.24, 2.45) is 0 Å². The van der Waals surface area contributed by atoms with Crippen LogP contribution in [0.5, 0.6) is 11.5 Å². The molecule has 0 spiro atoms. The van der Waals surface area contributed by atoms with E-state index >= 15 is 0 Å². The van der Waals surface area contributed by atoms with Crippen LogP contribution >= 0.6 is 15.9 Å². The molecule has 2 aliphatic rings. The van der Waals surface area contributed by atoms with E-state index in [0.29, 0.717) is 35.4 Å². The summed E-state index contributed by atoms with van der Waals surface area (Å²) in [5, 5.41) is 0. The predicted molar refractivity (Wildman–Crippen MR) is 97.1 cm³/mol. The van der Waals surface area contributed by atoms with Gasteiger partial charge in [-0.15, -0.1) is 0 Å². The minimum Gasteiger partial charge on any atom is -0.492 e. The number of hydrogen-bond acceptors (Lipinski definition) is 4. The van der Waals surface area contributed by atoms with Crippen LogP contribution in [0.2, 0.25) is 0 Å². The molecule has 0 bridgehead atoms. The minimum absolute atomic E-state index is 0.0591. The highest BCUT2D eigenvalue weighted by Gasteiger charge is 2.32. The molecule has 0 amide bonds. The second-order valence-electron chi connectivity index (χ2n) is 6.68. The van der Waals surface area contributed by atoms with Gasteiger partial charge in [-0.05, 0) is 30.5 Å². The first-order chi connectivity index (χ1) is 13.0. The lowest BCUT2D eigenvalue weighted by atomic mass is 9.98. The van der Waals surface area contributed by atoms with E-state index in [9.17, 15) is 13.6 Å². The highest BCUT2D eigenvalue weighted by Crippen LogP contribution is 2.43. The number of halogens is 3. The Bertz CT molecular complexity index is 915. The lowest BCUT2D eigenvalue weighted by Crippen LogP contribution is -2.09. The molecular weight excluding hydrogens is 422 g/mol. The third kappa shape index (κ3) is 3.29. The van der Waals surface area contributed by atoms with Gasteiger partial charge in [0.05, 0.1) is 20.1 Å². The molecule has 7 heteroatoms. The molecule has 0 radical (unpaired) electrons. The maximum Gasteiger partial charge on any atom is 0.306 e. The van der Waals surface area contributed by atoms with Crippen LogP contribution in [-0.2, 0) is 16.0 Å². The van der Waals surface area contributed by atoms with E-state index in [1.54, 1.807) is 12.1 Å². The van der Waals surface area contributed by atoms with Crippen LogP contribution in [0.1, 0.15) is 41.6 Å². The maximum absolute atomic E-state index is 14.3. The molecule has 0 saturated carbocycles. The standard InChI is InChI=1S/C20H17BrF2O4/c1-25-18(24)6-10-9-26-17-7-11(2-3-12(10)17)27-16-5-4-13-14(21)8-15(22)20(23)19(13)16/h2-3,7-8,10,16H,4-6,9H2,1H3/t10-,16-/m1/s1. The minimum atomic E-state index is -0.890. The predicted octanol–water partition coefficient (Wildman–Crippen LogP) is 4.83. The molecule has 0 unspecified atom stereocenters. The molecule has 1 heterocycles. The molecular formula is C20H17BrF2O4. The Morgan fingerprint density at radius 2 is 2.15 bits per heavy atom. The first-order valence-electron chi connectivity index (χ1n) is 8.64. The van der Waals surface area contributed by atoms with Gasteiger partial charge in [0.25, 0.3) is 0 Å². The normalized spacial score (nSPS) is 20.0. The van der Waals surface area contributed by atoms with Crippen molar-refractivity contribution in [2.75, 3.05) is 13.7 Å². The van der Waals surface area contributed by atoms with E-state index in [2.05, 4.69) is 15.9 Å². The Morgan fingerprint density at radius 1 is 1.33 bits per heavy atom. The van der Waals surface area contributed by atoms with E-state index < -0.39 is 17.7 Å². The van der Waals surface area contributed by atoms with Gasteiger partial charge in [-0.2, -0.15) is 0 Å². The van der Waals surface area contributed by atoms with Gasteiger partial charge in [0.15, 0.2) is 11.6 Å². The van der Waals surface area contributed by atoms with Gasteiger partial charge in [0, 0.05) is 27.6 Å². The third-order valence-corrected chi connectivity index (χ3v) is 5.78. The lowest BCUT2D eigenvalue weighted by Gasteiger charge is -2.17. The monoisotopic (exact) mass is 438 g/mol. The van der Waals surface area contributed by atoms with E-state index in [0.717, 1.165) is 17.2 Å². The zero-order chi connectivity index (χ0) is 19.1. The Labute approximate surface area is 163 Å². The fourth-order valence-electron chi connectivity index (χ4n) is 3.73. The molecule has 1 aliphatic heterocycles. The summed E-state index contributed by atoms with van der Waals surface area (Å²) in [5.41, 5.74) is 1.93. The molecule has 4 nitrogen and oxygen atoms in total. The van der Waals surface area contributed by atoms with Crippen LogP contribution in [0.4, 0.5) is 8.78 Å². The quantitative estimate of drug-likeness (QED) is 0.506. The summed E-state index contributed by atoms with van der Waals surface area (Å²) < 4.78 is 45.0. The van der Waals surface area contributed by atoms with Crippen molar-refractivity contribution < 1.29 is 27.8 Å². The van der Waals surface area contributed by atoms with Crippen molar-refractivity contribution in [1.29, 1.82) is 0 Å². The number of methoxy groups -OCH3 is 1. The van der Waals surface area contributed by atoms with E-state index in [1.165, 1.54) is 7.11 Å². The number of fused-ring (bicyclic) bond motifs is 2. The molecule has 0 aromatic heterocycles. The third-order valence-electron chi connectivity index (χ3n) is 5.08. The molecule has 0 N–H and O–H groups in total. The van der Waals surface area contributed by atoms with Crippen molar-refractivity contribution >= 4 is 21.9 Å². The van der Waals surface area contributed by atoms with Gasteiger partial charge < -0.3 is 14.2 Å². The van der Waals surface area contributed by atoms with Crippen molar-refractivity contribution in [3.8, 4) is 11.5 Å². The summed E-state index contributed by atoms with van der Waals surface area (Å²) in [5.74, 6) is -0.936. The Balaban J connectivity index is 1.56. The highest BCUT2D eigenvalue weighted by atomic mass is 79.9. The number of rotatable bonds is 4. The number of ether oxygens (including phenoxy) is 3. The number of carbonyl (C=O) groups excluding carboxylic acids is 1. The zero-order valence-electron chi connectivity index (χ0n) is 14.6. The van der Waals surface area contributed by atoms with Gasteiger partial charge in [-0.1, -0.05) is 22.0 Å². The molecule has 2 atom stereocenters. The number of carbonyl (C=O) groups is 1. The summed E-state index contributed by atoms with van der Waals surface area (Å²) in [4.78, 5) is 11.5. The highest BCUT2D eigenvalue weighted by molar-refractivity contribution is 9.10. The van der Waals surface area contributed by atoms with E-state index in [1.807, 2.05) is 6.07 Å². The molecule has 0 saturated heterocycles. The molecule has 1 aliphatic carbocycles. The summed E-state index contributed by atoms with van der Waals surface area (Å²) in [6.45, 7) is 0.396. The van der Waals surface area contributed by atoms with Crippen LogP contribution in [0, 0.1) is 11.6 Å². The molecule has 2 aromatic rings. The van der Waals surface area contributed by atoms with Gasteiger partial charge in [-0.3, -0.25) is 4.79 Å². The zero-order valence-corrected chi connectivity index (χ0v) is 16.1. The van der Waals surface area contributed by atoms with Crippen molar-refractivity contribution in [2.45, 2.75) is 31.3 Å². The van der Waals surface area contributed by atoms with Crippen LogP contribution in [0.3, 0.4) is 0 Å². The van der Waals surface area contributed by atoms with Crippen LogP contribution in [-0.4, -0.2) is 19.7 Å². The molecule has 27 heavy (non-hydrogen) atoms. The SMILES string of the molecule is COC(=O)C[C@@H]1COc2cc(O[C@@H]3CCc4c(Br)cc(F)c(F)c43)ccc21. The number of benzene rings is 2.